The summed E-state index contributed by atoms with van der Waals surface area (Å²) in [6.07, 6.45) is 7.91. The molecule has 0 aromatic carbocycles. The second-order valence-corrected chi connectivity index (χ2v) is 9.66. The maximum atomic E-state index is 12.1. The Morgan fingerprint density at radius 1 is 1.17 bits per heavy atom. The molecule has 1 N–H and O–H groups in total. The van der Waals surface area contributed by atoms with Gasteiger partial charge in [0.1, 0.15) is 0 Å². The minimum absolute atomic E-state index is 0.0147. The van der Waals surface area contributed by atoms with E-state index >= 15 is 0 Å². The normalized spacial score (nSPS) is 22.9. The van der Waals surface area contributed by atoms with Crippen molar-refractivity contribution in [2.75, 3.05) is 11.9 Å². The van der Waals surface area contributed by atoms with Gasteiger partial charge >= 0.3 is 5.97 Å². The largest absolute Gasteiger partial charge is 0.466 e. The number of nitrogens with zero attached hydrogens (tertiary/aromatic N) is 3. The first-order valence-electron chi connectivity index (χ1n) is 11.1. The first-order chi connectivity index (χ1) is 14.5. The van der Waals surface area contributed by atoms with Crippen molar-refractivity contribution in [1.82, 2.24) is 14.8 Å². The summed E-state index contributed by atoms with van der Waals surface area (Å²) in [5.41, 5.74) is 4.94. The molecule has 8 heteroatoms. The molecule has 30 heavy (non-hydrogen) atoms. The summed E-state index contributed by atoms with van der Waals surface area (Å²) in [7, 11) is 0. The zero-order valence-electron chi connectivity index (χ0n) is 17.6. The van der Waals surface area contributed by atoms with Crippen LogP contribution in [0.15, 0.2) is 0 Å². The summed E-state index contributed by atoms with van der Waals surface area (Å²) < 4.78 is 7.48. The lowest BCUT2D eigenvalue weighted by molar-refractivity contribution is -0.149. The number of hydrogen-bond acceptors (Lipinski definition) is 6. The monoisotopic (exact) mass is 428 g/mol. The Hall–Kier alpha value is -2.22. The number of thiazole rings is 1. The van der Waals surface area contributed by atoms with Crippen molar-refractivity contribution in [3.63, 3.8) is 0 Å². The standard InChI is InChI=1S/C22H28N4O3S/c1-3-29-21(28)14-6-8-15(9-7-14)26-19-16(18(25-26)13-4-5-13)10-11-17-20(19)30-22(24-17)23-12(2)27/h13-15H,3-11H2,1-2H3,(H,23,24,27)/t14-,15+. The van der Waals surface area contributed by atoms with E-state index in [1.807, 2.05) is 6.92 Å². The molecule has 7 nitrogen and oxygen atoms in total. The van der Waals surface area contributed by atoms with E-state index in [1.165, 1.54) is 36.7 Å². The topological polar surface area (TPSA) is 86.1 Å². The third-order valence-corrected chi connectivity index (χ3v) is 7.49. The van der Waals surface area contributed by atoms with E-state index < -0.39 is 0 Å². The molecule has 2 fully saturated rings. The van der Waals surface area contributed by atoms with Crippen LogP contribution in [0, 0.1) is 5.92 Å². The molecule has 160 valence electrons. The second kappa shape index (κ2) is 7.80. The lowest BCUT2D eigenvalue weighted by Crippen LogP contribution is -2.26. The highest BCUT2D eigenvalue weighted by molar-refractivity contribution is 7.19. The Bertz CT molecular complexity index is 983. The molecule has 3 aliphatic rings. The quantitative estimate of drug-likeness (QED) is 0.720. The van der Waals surface area contributed by atoms with Crippen LogP contribution < -0.4 is 5.32 Å². The smallest absolute Gasteiger partial charge is 0.308 e. The Morgan fingerprint density at radius 2 is 1.93 bits per heavy atom. The van der Waals surface area contributed by atoms with Gasteiger partial charge in [0, 0.05) is 18.4 Å². The highest BCUT2D eigenvalue weighted by atomic mass is 32.1. The van der Waals surface area contributed by atoms with Gasteiger partial charge in [-0.1, -0.05) is 11.3 Å². The van der Waals surface area contributed by atoms with Crippen molar-refractivity contribution in [3.05, 3.63) is 17.0 Å². The molecule has 5 rings (SSSR count). The summed E-state index contributed by atoms with van der Waals surface area (Å²) in [5, 5.41) is 8.67. The number of carbonyl (C=O) groups excluding carboxylic acids is 2. The number of rotatable bonds is 5. The molecule has 0 unspecified atom stereocenters. The van der Waals surface area contributed by atoms with Crippen molar-refractivity contribution in [2.24, 2.45) is 5.92 Å². The third kappa shape index (κ3) is 3.55. The van der Waals surface area contributed by atoms with Crippen LogP contribution in [0.3, 0.4) is 0 Å². The first-order valence-corrected chi connectivity index (χ1v) is 11.9. The molecule has 1 amide bonds. The fraction of sp³-hybridized carbons (Fsp3) is 0.636. The van der Waals surface area contributed by atoms with Crippen molar-refractivity contribution >= 4 is 28.3 Å². The highest BCUT2D eigenvalue weighted by Gasteiger charge is 2.38. The number of anilines is 1. The molecule has 3 aliphatic carbocycles. The fourth-order valence-corrected chi connectivity index (χ4v) is 6.02. The molecule has 0 radical (unpaired) electrons. The molecule has 0 spiro atoms. The van der Waals surface area contributed by atoms with Crippen LogP contribution in [0.1, 0.15) is 81.3 Å². The Balaban J connectivity index is 1.46. The molecule has 2 aromatic heterocycles. The number of fused-ring (bicyclic) bond motifs is 3. The van der Waals surface area contributed by atoms with Gasteiger partial charge in [-0.05, 0) is 58.3 Å². The first kappa shape index (κ1) is 19.7. The highest BCUT2D eigenvalue weighted by Crippen LogP contribution is 2.49. The zero-order valence-corrected chi connectivity index (χ0v) is 18.4. The number of esters is 1. The van der Waals surface area contributed by atoms with Gasteiger partial charge in [0.05, 0.1) is 40.5 Å². The predicted molar refractivity (Wildman–Crippen MR) is 115 cm³/mol. The van der Waals surface area contributed by atoms with E-state index in [1.54, 1.807) is 11.3 Å². The minimum Gasteiger partial charge on any atom is -0.466 e. The van der Waals surface area contributed by atoms with Gasteiger partial charge in [-0.3, -0.25) is 14.3 Å². The number of carbonyl (C=O) groups is 2. The predicted octanol–water partition coefficient (Wildman–Crippen LogP) is 4.24. The Kier molecular flexibility index (Phi) is 5.13. The molecular formula is C22H28N4O3S. The number of nitrogens with one attached hydrogen (secondary N) is 1. The van der Waals surface area contributed by atoms with Gasteiger partial charge in [0.2, 0.25) is 5.91 Å². The summed E-state index contributed by atoms with van der Waals surface area (Å²) in [6.45, 7) is 3.82. The molecular weight excluding hydrogens is 400 g/mol. The maximum absolute atomic E-state index is 12.1. The van der Waals surface area contributed by atoms with Crippen molar-refractivity contribution in [1.29, 1.82) is 0 Å². The molecule has 2 saturated carbocycles. The number of aromatic nitrogens is 3. The van der Waals surface area contributed by atoms with E-state index in [4.69, 9.17) is 9.84 Å². The zero-order chi connectivity index (χ0) is 20.8. The van der Waals surface area contributed by atoms with E-state index in [9.17, 15) is 9.59 Å². The van der Waals surface area contributed by atoms with E-state index in [-0.39, 0.29) is 17.8 Å². The summed E-state index contributed by atoms with van der Waals surface area (Å²) in [5.74, 6) is 0.466. The SMILES string of the molecule is CCOC(=O)[C@H]1CC[C@@H](n2nc(C3CC3)c3c2-c2sc(NC(C)=O)nc2CC3)CC1. The summed E-state index contributed by atoms with van der Waals surface area (Å²) >= 11 is 1.56. The Labute approximate surface area is 180 Å². The van der Waals surface area contributed by atoms with Crippen molar-refractivity contribution < 1.29 is 14.3 Å². The van der Waals surface area contributed by atoms with Crippen LogP contribution in [0.4, 0.5) is 5.13 Å². The van der Waals surface area contributed by atoms with Gasteiger partial charge in [-0.2, -0.15) is 5.10 Å². The van der Waals surface area contributed by atoms with Crippen LogP contribution in [0.25, 0.3) is 10.6 Å². The van der Waals surface area contributed by atoms with Crippen LogP contribution in [0.5, 0.6) is 0 Å². The molecule has 0 aliphatic heterocycles. The lowest BCUT2D eigenvalue weighted by atomic mass is 9.85. The molecule has 0 saturated heterocycles. The lowest BCUT2D eigenvalue weighted by Gasteiger charge is -2.29. The van der Waals surface area contributed by atoms with Gasteiger partial charge in [-0.15, -0.1) is 0 Å². The summed E-state index contributed by atoms with van der Waals surface area (Å²) in [4.78, 5) is 29.5. The third-order valence-electron chi connectivity index (χ3n) is 6.47. The van der Waals surface area contributed by atoms with Crippen LogP contribution in [-0.2, 0) is 27.2 Å². The minimum atomic E-state index is -0.0919. The van der Waals surface area contributed by atoms with E-state index in [0.29, 0.717) is 23.7 Å². The average molecular weight is 429 g/mol. The van der Waals surface area contributed by atoms with Gasteiger partial charge in [0.25, 0.3) is 0 Å². The van der Waals surface area contributed by atoms with Crippen LogP contribution >= 0.6 is 11.3 Å². The maximum Gasteiger partial charge on any atom is 0.308 e. The second-order valence-electron chi connectivity index (χ2n) is 8.66. The Morgan fingerprint density at radius 3 is 2.60 bits per heavy atom. The van der Waals surface area contributed by atoms with E-state index in [2.05, 4.69) is 15.0 Å². The van der Waals surface area contributed by atoms with Gasteiger partial charge < -0.3 is 10.1 Å². The average Bonchev–Trinajstić information content (AvgIpc) is 3.37. The molecule has 0 bridgehead atoms. The van der Waals surface area contributed by atoms with Crippen molar-refractivity contribution in [2.45, 2.75) is 77.2 Å². The van der Waals surface area contributed by atoms with Crippen molar-refractivity contribution in [3.8, 4) is 10.6 Å². The molecule has 0 atom stereocenters. The number of ether oxygens (including phenoxy) is 1. The van der Waals surface area contributed by atoms with Gasteiger partial charge in [-0.25, -0.2) is 4.98 Å². The molecule has 2 aromatic rings. The van der Waals surface area contributed by atoms with Gasteiger partial charge in [0.15, 0.2) is 5.13 Å². The number of hydrogen-bond donors (Lipinski definition) is 1. The van der Waals surface area contributed by atoms with E-state index in [0.717, 1.165) is 49.1 Å². The summed E-state index contributed by atoms with van der Waals surface area (Å²) in [6, 6.07) is 0.300. The number of amides is 1. The number of aryl methyl sites for hydroxylation is 1. The molecule has 2 heterocycles. The fourth-order valence-electron chi connectivity index (χ4n) is 4.89. The van der Waals surface area contributed by atoms with Crippen LogP contribution in [0.2, 0.25) is 0 Å². The van der Waals surface area contributed by atoms with Crippen LogP contribution in [-0.4, -0.2) is 33.2 Å².